The molecule has 3 rings (SSSR count). The number of hydrogen-bond acceptors (Lipinski definition) is 6. The molecule has 1 aromatic carbocycles. The van der Waals surface area contributed by atoms with E-state index in [0.717, 1.165) is 5.56 Å². The van der Waals surface area contributed by atoms with Crippen LogP contribution < -0.4 is 0 Å². The fourth-order valence-electron chi connectivity index (χ4n) is 2.43. The Labute approximate surface area is 158 Å². The molecule has 2 fully saturated rings. The molecule has 0 aliphatic carbocycles. The lowest BCUT2D eigenvalue weighted by atomic mass is 10.1. The van der Waals surface area contributed by atoms with Crippen LogP contribution in [0.1, 0.15) is 15.9 Å². The zero-order valence-corrected chi connectivity index (χ0v) is 15.6. The molecule has 1 aromatic rings. The molecule has 2 aliphatic rings. The van der Waals surface area contributed by atoms with Crippen molar-refractivity contribution in [2.75, 3.05) is 18.7 Å². The second-order valence-corrected chi connectivity index (χ2v) is 8.17. The Hall–Kier alpha value is -1.84. The maximum atomic E-state index is 12.5. The lowest BCUT2D eigenvalue weighted by molar-refractivity contribution is -0.140. The molecule has 9 heteroatoms. The maximum Gasteiger partial charge on any atom is 0.327 e. The summed E-state index contributed by atoms with van der Waals surface area (Å²) in [5.74, 6) is -0.664. The highest BCUT2D eigenvalue weighted by molar-refractivity contribution is 8.26. The van der Waals surface area contributed by atoms with Crippen LogP contribution in [0.4, 0.5) is 0 Å². The number of carboxylic acid groups (broad SMARTS) is 1. The van der Waals surface area contributed by atoms with Gasteiger partial charge in [-0.3, -0.25) is 14.5 Å². The number of likely N-dealkylation sites (N-methyl/N-ethyl adjacent to an activating group) is 1. The summed E-state index contributed by atoms with van der Waals surface area (Å²) in [6.45, 7) is 0. The van der Waals surface area contributed by atoms with Gasteiger partial charge in [-0.05, 0) is 23.8 Å². The fourth-order valence-corrected chi connectivity index (χ4v) is 4.76. The Morgan fingerprint density at radius 2 is 2.00 bits per heavy atom. The first kappa shape index (κ1) is 18.0. The standard InChI is InChI=1S/C16H14N2O4S3/c1-17-14(20)12(25-16(17)23)6-9-2-4-10(5-3-9)13(19)18-8-24-7-11(18)15(21)22/h2-6,11H,7-8H2,1H3,(H,21,22)/b12-6+/t11-/m1/s1. The molecule has 6 nitrogen and oxygen atoms in total. The molecular weight excluding hydrogens is 380 g/mol. The van der Waals surface area contributed by atoms with Crippen LogP contribution in [-0.2, 0) is 9.59 Å². The third-order valence-electron chi connectivity index (χ3n) is 3.87. The number of thioether (sulfide) groups is 2. The number of amides is 2. The van der Waals surface area contributed by atoms with Gasteiger partial charge < -0.3 is 10.0 Å². The number of carbonyl (C=O) groups excluding carboxylic acids is 2. The molecule has 2 saturated heterocycles. The van der Waals surface area contributed by atoms with E-state index in [9.17, 15) is 19.5 Å². The Balaban J connectivity index is 1.77. The molecule has 0 bridgehead atoms. The van der Waals surface area contributed by atoms with Gasteiger partial charge in [-0.1, -0.05) is 36.1 Å². The van der Waals surface area contributed by atoms with Crippen LogP contribution in [0.15, 0.2) is 29.2 Å². The van der Waals surface area contributed by atoms with Crippen molar-refractivity contribution in [3.05, 3.63) is 40.3 Å². The Kier molecular flexibility index (Phi) is 5.16. The Morgan fingerprint density at radius 1 is 1.32 bits per heavy atom. The van der Waals surface area contributed by atoms with E-state index in [1.807, 2.05) is 0 Å². The quantitative estimate of drug-likeness (QED) is 0.621. The zero-order chi connectivity index (χ0) is 18.1. The largest absolute Gasteiger partial charge is 0.480 e. The number of carbonyl (C=O) groups is 3. The van der Waals surface area contributed by atoms with Gasteiger partial charge in [-0.2, -0.15) is 0 Å². The predicted octanol–water partition coefficient (Wildman–Crippen LogP) is 2.12. The third kappa shape index (κ3) is 3.58. The van der Waals surface area contributed by atoms with Crippen LogP contribution in [-0.4, -0.2) is 61.7 Å². The summed E-state index contributed by atoms with van der Waals surface area (Å²) in [7, 11) is 1.63. The number of aliphatic carboxylic acids is 1. The number of hydrogen-bond donors (Lipinski definition) is 1. The van der Waals surface area contributed by atoms with Crippen molar-refractivity contribution in [1.82, 2.24) is 9.80 Å². The summed E-state index contributed by atoms with van der Waals surface area (Å²) in [5.41, 5.74) is 1.20. The summed E-state index contributed by atoms with van der Waals surface area (Å²) >= 11 is 7.75. The molecule has 1 N–H and O–H groups in total. The van der Waals surface area contributed by atoms with Crippen molar-refractivity contribution >= 4 is 63.9 Å². The van der Waals surface area contributed by atoms with Crippen molar-refractivity contribution in [3.63, 3.8) is 0 Å². The van der Waals surface area contributed by atoms with Gasteiger partial charge in [0.1, 0.15) is 10.4 Å². The average molecular weight is 394 g/mol. The Morgan fingerprint density at radius 3 is 2.56 bits per heavy atom. The summed E-state index contributed by atoms with van der Waals surface area (Å²) in [4.78, 5) is 39.0. The van der Waals surface area contributed by atoms with Crippen LogP contribution in [0.5, 0.6) is 0 Å². The molecule has 2 aliphatic heterocycles. The summed E-state index contributed by atoms with van der Waals surface area (Å²) < 4.78 is 0.509. The lowest BCUT2D eigenvalue weighted by Gasteiger charge is -2.20. The minimum atomic E-state index is -0.989. The molecule has 130 valence electrons. The predicted molar refractivity (Wildman–Crippen MR) is 102 cm³/mol. The smallest absolute Gasteiger partial charge is 0.327 e. The Bertz CT molecular complexity index is 791. The molecule has 0 saturated carbocycles. The van der Waals surface area contributed by atoms with Gasteiger partial charge in [-0.15, -0.1) is 11.8 Å². The zero-order valence-electron chi connectivity index (χ0n) is 13.2. The van der Waals surface area contributed by atoms with E-state index in [-0.39, 0.29) is 11.8 Å². The van der Waals surface area contributed by atoms with E-state index in [2.05, 4.69) is 0 Å². The molecule has 0 aromatic heterocycles. The van der Waals surface area contributed by atoms with E-state index in [4.69, 9.17) is 12.2 Å². The molecular formula is C16H14N2O4S3. The van der Waals surface area contributed by atoms with E-state index >= 15 is 0 Å². The molecule has 0 spiro atoms. The SMILES string of the molecule is CN1C(=O)/C(=C\c2ccc(C(=O)N3CSC[C@@H]3C(=O)O)cc2)SC1=S. The average Bonchev–Trinajstić information content (AvgIpc) is 3.17. The van der Waals surface area contributed by atoms with Gasteiger partial charge in [0, 0.05) is 18.4 Å². The van der Waals surface area contributed by atoms with Crippen molar-refractivity contribution in [2.45, 2.75) is 6.04 Å². The number of carboxylic acids is 1. The first-order valence-corrected chi connectivity index (χ1v) is 9.69. The highest BCUT2D eigenvalue weighted by Gasteiger charge is 2.35. The van der Waals surface area contributed by atoms with Crippen LogP contribution in [0.25, 0.3) is 6.08 Å². The summed E-state index contributed by atoms with van der Waals surface area (Å²) in [6.07, 6.45) is 1.73. The first-order valence-electron chi connectivity index (χ1n) is 7.31. The normalized spacial score (nSPS) is 22.1. The van der Waals surface area contributed by atoms with E-state index < -0.39 is 12.0 Å². The van der Waals surface area contributed by atoms with Crippen LogP contribution in [0.2, 0.25) is 0 Å². The van der Waals surface area contributed by atoms with Crippen LogP contribution in [0, 0.1) is 0 Å². The number of nitrogens with zero attached hydrogens (tertiary/aromatic N) is 2. The monoisotopic (exact) mass is 394 g/mol. The number of benzene rings is 1. The fraction of sp³-hybridized carbons (Fsp3) is 0.250. The molecule has 25 heavy (non-hydrogen) atoms. The van der Waals surface area contributed by atoms with Gasteiger partial charge >= 0.3 is 5.97 Å². The van der Waals surface area contributed by atoms with Crippen molar-refractivity contribution in [2.24, 2.45) is 0 Å². The second kappa shape index (κ2) is 7.19. The molecule has 0 radical (unpaired) electrons. The molecule has 0 unspecified atom stereocenters. The van der Waals surface area contributed by atoms with Gasteiger partial charge in [0.15, 0.2) is 0 Å². The van der Waals surface area contributed by atoms with E-state index in [1.54, 1.807) is 37.4 Å². The minimum Gasteiger partial charge on any atom is -0.480 e. The van der Waals surface area contributed by atoms with Crippen molar-refractivity contribution in [1.29, 1.82) is 0 Å². The minimum absolute atomic E-state index is 0.145. The third-order valence-corrected chi connectivity index (χ3v) is 6.37. The topological polar surface area (TPSA) is 77.9 Å². The number of thiocarbonyl (C=S) groups is 1. The van der Waals surface area contributed by atoms with E-state index in [1.165, 1.54) is 33.3 Å². The highest BCUT2D eigenvalue weighted by atomic mass is 32.2. The van der Waals surface area contributed by atoms with Crippen LogP contribution in [0.3, 0.4) is 0 Å². The molecule has 1 atom stereocenters. The van der Waals surface area contributed by atoms with E-state index in [0.29, 0.717) is 26.4 Å². The summed E-state index contributed by atoms with van der Waals surface area (Å²) in [5, 5.41) is 9.19. The second-order valence-electron chi connectivity index (χ2n) is 5.49. The summed E-state index contributed by atoms with van der Waals surface area (Å²) in [6, 6.07) is 5.96. The highest BCUT2D eigenvalue weighted by Crippen LogP contribution is 2.31. The first-order chi connectivity index (χ1) is 11.9. The van der Waals surface area contributed by atoms with Crippen molar-refractivity contribution in [3.8, 4) is 0 Å². The van der Waals surface area contributed by atoms with Gasteiger partial charge in [-0.25, -0.2) is 4.79 Å². The molecule has 2 heterocycles. The van der Waals surface area contributed by atoms with Gasteiger partial charge in [0.05, 0.1) is 10.8 Å². The lowest BCUT2D eigenvalue weighted by Crippen LogP contribution is -2.41. The van der Waals surface area contributed by atoms with Gasteiger partial charge in [0.25, 0.3) is 11.8 Å². The van der Waals surface area contributed by atoms with Crippen LogP contribution >= 0.6 is 35.7 Å². The maximum absolute atomic E-state index is 12.5. The van der Waals surface area contributed by atoms with Crippen molar-refractivity contribution < 1.29 is 19.5 Å². The number of rotatable bonds is 3. The molecule has 2 amide bonds. The van der Waals surface area contributed by atoms with Gasteiger partial charge in [0.2, 0.25) is 0 Å².